The first-order valence-electron chi connectivity index (χ1n) is 8.17. The number of hydrogen-bond acceptors (Lipinski definition) is 5. The maximum Gasteiger partial charge on any atom is 0.223 e. The summed E-state index contributed by atoms with van der Waals surface area (Å²) in [6.45, 7) is 5.35. The monoisotopic (exact) mass is 330 g/mol. The maximum atomic E-state index is 11.2. The van der Waals surface area contributed by atoms with E-state index in [0.717, 1.165) is 50.7 Å². The molecule has 0 aliphatic carbocycles. The van der Waals surface area contributed by atoms with E-state index in [0.29, 0.717) is 6.61 Å². The molecule has 1 fully saturated rings. The molecule has 0 atom stereocenters. The van der Waals surface area contributed by atoms with Gasteiger partial charge in [0.15, 0.2) is 5.75 Å². The van der Waals surface area contributed by atoms with Crippen LogP contribution in [0.2, 0.25) is 0 Å². The second-order valence-electron chi connectivity index (χ2n) is 5.75. The number of hydrogen-bond donors (Lipinski definition) is 1. The fourth-order valence-electron chi connectivity index (χ4n) is 2.65. The van der Waals surface area contributed by atoms with E-state index < -0.39 is 0 Å². The highest BCUT2D eigenvalue weighted by Gasteiger charge is 2.09. The van der Waals surface area contributed by atoms with Gasteiger partial charge in [0.1, 0.15) is 5.75 Å². The summed E-state index contributed by atoms with van der Waals surface area (Å²) < 4.78 is 12.8. The SMILES string of the molecule is O=c1ccn(-c2ccc(OCCCN3CCOCC3)cc2)cc1O. The van der Waals surface area contributed by atoms with Crippen LogP contribution in [0.1, 0.15) is 6.42 Å². The standard InChI is InChI=1S/C18H22N2O4/c21-17-6-8-20(14-18(17)22)15-2-4-16(5-3-15)24-11-1-7-19-9-12-23-13-10-19/h2-6,8,14,22H,1,7,9-13H2. The van der Waals surface area contributed by atoms with Crippen molar-refractivity contribution in [2.75, 3.05) is 39.5 Å². The van der Waals surface area contributed by atoms with Crippen molar-refractivity contribution < 1.29 is 14.6 Å². The summed E-state index contributed by atoms with van der Waals surface area (Å²) in [4.78, 5) is 13.6. The van der Waals surface area contributed by atoms with Gasteiger partial charge < -0.3 is 19.1 Å². The zero-order valence-corrected chi connectivity index (χ0v) is 13.6. The Kier molecular flexibility index (Phi) is 5.51. The molecule has 1 aromatic carbocycles. The fraction of sp³-hybridized carbons (Fsp3) is 0.389. The van der Waals surface area contributed by atoms with Crippen LogP contribution in [0.15, 0.2) is 47.5 Å². The first-order chi connectivity index (χ1) is 11.7. The fourth-order valence-corrected chi connectivity index (χ4v) is 2.65. The molecule has 2 aromatic rings. The van der Waals surface area contributed by atoms with Crippen molar-refractivity contribution in [3.05, 3.63) is 52.9 Å². The molecular formula is C18H22N2O4. The number of pyridine rings is 1. The van der Waals surface area contributed by atoms with E-state index in [2.05, 4.69) is 4.90 Å². The summed E-state index contributed by atoms with van der Waals surface area (Å²) in [7, 11) is 0. The van der Waals surface area contributed by atoms with Gasteiger partial charge in [0.25, 0.3) is 0 Å². The van der Waals surface area contributed by atoms with Crippen LogP contribution in [0.4, 0.5) is 0 Å². The minimum Gasteiger partial charge on any atom is -0.503 e. The van der Waals surface area contributed by atoms with Crippen LogP contribution < -0.4 is 10.2 Å². The molecule has 1 aliphatic rings. The Bertz CT molecular complexity index is 706. The highest BCUT2D eigenvalue weighted by molar-refractivity contribution is 5.38. The minimum atomic E-state index is -0.383. The Morgan fingerprint density at radius 2 is 1.88 bits per heavy atom. The molecular weight excluding hydrogens is 308 g/mol. The van der Waals surface area contributed by atoms with Gasteiger partial charge in [-0.3, -0.25) is 9.69 Å². The molecule has 1 aliphatic heterocycles. The van der Waals surface area contributed by atoms with Crippen LogP contribution in [0, 0.1) is 0 Å². The lowest BCUT2D eigenvalue weighted by molar-refractivity contribution is 0.0358. The summed E-state index contributed by atoms with van der Waals surface area (Å²) in [5, 5.41) is 9.50. The van der Waals surface area contributed by atoms with E-state index in [4.69, 9.17) is 9.47 Å². The summed E-state index contributed by atoms with van der Waals surface area (Å²) >= 11 is 0. The first kappa shape index (κ1) is 16.5. The van der Waals surface area contributed by atoms with E-state index in [9.17, 15) is 9.90 Å². The minimum absolute atomic E-state index is 0.263. The third-order valence-corrected chi connectivity index (χ3v) is 4.03. The van der Waals surface area contributed by atoms with Gasteiger partial charge in [0.05, 0.1) is 26.0 Å². The Morgan fingerprint density at radius 1 is 1.12 bits per heavy atom. The summed E-state index contributed by atoms with van der Waals surface area (Å²) in [6, 6.07) is 8.90. The van der Waals surface area contributed by atoms with Crippen LogP contribution in [-0.2, 0) is 4.74 Å². The molecule has 24 heavy (non-hydrogen) atoms. The zero-order chi connectivity index (χ0) is 16.8. The quantitative estimate of drug-likeness (QED) is 0.816. The second-order valence-corrected chi connectivity index (χ2v) is 5.75. The number of aromatic hydroxyl groups is 1. The van der Waals surface area contributed by atoms with Gasteiger partial charge in [-0.15, -0.1) is 0 Å². The number of morpholine rings is 1. The van der Waals surface area contributed by atoms with Crippen molar-refractivity contribution in [3.63, 3.8) is 0 Å². The largest absolute Gasteiger partial charge is 0.503 e. The van der Waals surface area contributed by atoms with Crippen LogP contribution in [-0.4, -0.2) is 54.0 Å². The van der Waals surface area contributed by atoms with E-state index >= 15 is 0 Å². The molecule has 1 N–H and O–H groups in total. The first-order valence-corrected chi connectivity index (χ1v) is 8.17. The van der Waals surface area contributed by atoms with Crippen molar-refractivity contribution in [1.82, 2.24) is 9.47 Å². The highest BCUT2D eigenvalue weighted by atomic mass is 16.5. The van der Waals surface area contributed by atoms with Crippen LogP contribution >= 0.6 is 0 Å². The molecule has 0 amide bonds. The van der Waals surface area contributed by atoms with Crippen molar-refractivity contribution in [3.8, 4) is 17.2 Å². The molecule has 0 spiro atoms. The Morgan fingerprint density at radius 3 is 2.58 bits per heavy atom. The smallest absolute Gasteiger partial charge is 0.223 e. The Labute approximate surface area is 140 Å². The summed E-state index contributed by atoms with van der Waals surface area (Å²) in [5.41, 5.74) is 0.470. The molecule has 3 rings (SSSR count). The van der Waals surface area contributed by atoms with E-state index in [-0.39, 0.29) is 11.2 Å². The lowest BCUT2D eigenvalue weighted by Crippen LogP contribution is -2.37. The van der Waals surface area contributed by atoms with E-state index in [1.165, 1.54) is 12.3 Å². The predicted molar refractivity (Wildman–Crippen MR) is 91.1 cm³/mol. The molecule has 1 saturated heterocycles. The van der Waals surface area contributed by atoms with Gasteiger partial charge in [0.2, 0.25) is 5.43 Å². The van der Waals surface area contributed by atoms with E-state index in [1.807, 2.05) is 24.3 Å². The average Bonchev–Trinajstić information content (AvgIpc) is 2.62. The molecule has 0 unspecified atom stereocenters. The van der Waals surface area contributed by atoms with Crippen molar-refractivity contribution in [2.45, 2.75) is 6.42 Å². The molecule has 0 saturated carbocycles. The Hall–Kier alpha value is -2.31. The van der Waals surface area contributed by atoms with Gasteiger partial charge in [0, 0.05) is 37.6 Å². The van der Waals surface area contributed by atoms with Crippen LogP contribution in [0.3, 0.4) is 0 Å². The van der Waals surface area contributed by atoms with Gasteiger partial charge in [-0.25, -0.2) is 0 Å². The van der Waals surface area contributed by atoms with Gasteiger partial charge >= 0.3 is 0 Å². The normalized spacial score (nSPS) is 15.3. The molecule has 128 valence electrons. The maximum absolute atomic E-state index is 11.2. The number of aromatic nitrogens is 1. The topological polar surface area (TPSA) is 63.9 Å². The second kappa shape index (κ2) is 7.99. The molecule has 0 radical (unpaired) electrons. The van der Waals surface area contributed by atoms with Gasteiger partial charge in [-0.05, 0) is 30.7 Å². The average molecular weight is 330 g/mol. The number of nitrogens with zero attached hydrogens (tertiary/aromatic N) is 2. The van der Waals surface area contributed by atoms with Crippen LogP contribution in [0.25, 0.3) is 5.69 Å². The molecule has 1 aromatic heterocycles. The van der Waals surface area contributed by atoms with E-state index in [1.54, 1.807) is 10.8 Å². The lowest BCUT2D eigenvalue weighted by Gasteiger charge is -2.26. The van der Waals surface area contributed by atoms with Gasteiger partial charge in [-0.2, -0.15) is 0 Å². The molecule has 6 heteroatoms. The highest BCUT2D eigenvalue weighted by Crippen LogP contribution is 2.16. The zero-order valence-electron chi connectivity index (χ0n) is 13.6. The molecule has 6 nitrogen and oxygen atoms in total. The predicted octanol–water partition coefficient (Wildman–Crippen LogP) is 1.64. The van der Waals surface area contributed by atoms with Crippen molar-refractivity contribution >= 4 is 0 Å². The van der Waals surface area contributed by atoms with Crippen LogP contribution in [0.5, 0.6) is 11.5 Å². The summed E-state index contributed by atoms with van der Waals surface area (Å²) in [6.07, 6.45) is 4.01. The molecule has 2 heterocycles. The van der Waals surface area contributed by atoms with Gasteiger partial charge in [-0.1, -0.05) is 0 Å². The molecule has 0 bridgehead atoms. The lowest BCUT2D eigenvalue weighted by atomic mass is 10.3. The van der Waals surface area contributed by atoms with Crippen molar-refractivity contribution in [1.29, 1.82) is 0 Å². The number of benzene rings is 1. The number of ether oxygens (including phenoxy) is 2. The third kappa shape index (κ3) is 4.37. The third-order valence-electron chi connectivity index (χ3n) is 4.03. The summed E-state index contributed by atoms with van der Waals surface area (Å²) in [5.74, 6) is 0.548. The Balaban J connectivity index is 1.49. The van der Waals surface area contributed by atoms with Crippen molar-refractivity contribution in [2.24, 2.45) is 0 Å². The number of rotatable bonds is 6.